The van der Waals surface area contributed by atoms with Gasteiger partial charge in [0.05, 0.1) is 50.1 Å². The second-order valence-corrected chi connectivity index (χ2v) is 7.47. The van der Waals surface area contributed by atoms with Crippen molar-refractivity contribution in [2.24, 2.45) is 0 Å². The van der Waals surface area contributed by atoms with Gasteiger partial charge in [0.2, 0.25) is 0 Å². The normalized spacial score (nSPS) is 10.7. The number of carbonyl (C=O) groups excluding carboxylic acids is 2. The summed E-state index contributed by atoms with van der Waals surface area (Å²) < 4.78 is 48.4. The number of methoxy groups -OCH3 is 4. The van der Waals surface area contributed by atoms with E-state index in [9.17, 15) is 18.0 Å². The molecule has 0 aliphatic rings. The molecule has 0 radical (unpaired) electrons. The molecule has 0 aromatic heterocycles. The van der Waals surface area contributed by atoms with Crippen LogP contribution in [0.5, 0.6) is 17.2 Å². The molecule has 2 rings (SSSR count). The lowest BCUT2D eigenvalue weighted by Crippen LogP contribution is -2.21. The van der Waals surface area contributed by atoms with Gasteiger partial charge in [0.15, 0.2) is 11.5 Å². The van der Waals surface area contributed by atoms with Crippen molar-refractivity contribution in [3.05, 3.63) is 41.5 Å². The summed E-state index contributed by atoms with van der Waals surface area (Å²) in [6, 6.07) is 6.39. The molecular weight excluding hydrogens is 416 g/mol. The Morgan fingerprint density at radius 3 is 1.97 bits per heavy atom. The van der Waals surface area contributed by atoms with E-state index in [2.05, 4.69) is 10.0 Å². The number of nitrogens with one attached hydrogen (secondary N) is 2. The molecule has 2 N–H and O–H groups in total. The Bertz CT molecular complexity index is 1070. The van der Waals surface area contributed by atoms with Gasteiger partial charge < -0.3 is 24.3 Å². The van der Waals surface area contributed by atoms with E-state index < -0.39 is 21.9 Å². The van der Waals surface area contributed by atoms with Gasteiger partial charge in [0.25, 0.3) is 15.9 Å². The molecule has 162 valence electrons. The maximum atomic E-state index is 13.0. The van der Waals surface area contributed by atoms with Crippen molar-refractivity contribution in [2.75, 3.05) is 40.2 Å². The van der Waals surface area contributed by atoms with E-state index in [1.165, 1.54) is 58.7 Å². The lowest BCUT2D eigenvalue weighted by molar-refractivity contribution is 0.0601. The minimum absolute atomic E-state index is 0.0309. The second-order valence-electron chi connectivity index (χ2n) is 5.79. The highest BCUT2D eigenvalue weighted by molar-refractivity contribution is 7.92. The molecule has 0 aliphatic carbocycles. The maximum Gasteiger partial charge on any atom is 0.340 e. The van der Waals surface area contributed by atoms with E-state index in [1.807, 2.05) is 0 Å². The van der Waals surface area contributed by atoms with Crippen LogP contribution in [0, 0.1) is 0 Å². The Morgan fingerprint density at radius 1 is 0.833 bits per heavy atom. The van der Waals surface area contributed by atoms with Crippen molar-refractivity contribution in [3.8, 4) is 17.2 Å². The van der Waals surface area contributed by atoms with E-state index in [4.69, 9.17) is 18.9 Å². The van der Waals surface area contributed by atoms with Crippen LogP contribution in [-0.2, 0) is 14.8 Å². The first-order valence-electron chi connectivity index (χ1n) is 8.49. The van der Waals surface area contributed by atoms with Crippen LogP contribution in [-0.4, -0.2) is 55.8 Å². The molecule has 0 aliphatic heterocycles. The molecular formula is C19H22N2O8S. The minimum Gasteiger partial charge on any atom is -0.496 e. The van der Waals surface area contributed by atoms with Gasteiger partial charge in [-0.25, -0.2) is 13.2 Å². The molecule has 2 aromatic carbocycles. The van der Waals surface area contributed by atoms with E-state index in [1.54, 1.807) is 0 Å². The Morgan fingerprint density at radius 2 is 1.43 bits per heavy atom. The predicted molar refractivity (Wildman–Crippen MR) is 108 cm³/mol. The minimum atomic E-state index is -4.20. The average molecular weight is 438 g/mol. The summed E-state index contributed by atoms with van der Waals surface area (Å²) >= 11 is 0. The summed E-state index contributed by atoms with van der Waals surface area (Å²) in [7, 11) is 2.48. The van der Waals surface area contributed by atoms with Gasteiger partial charge in [-0.1, -0.05) is 0 Å². The van der Waals surface area contributed by atoms with Gasteiger partial charge in [0.1, 0.15) is 5.75 Å². The Labute approximate surface area is 174 Å². The number of sulfonamides is 1. The lowest BCUT2D eigenvalue weighted by atomic mass is 10.1. The third-order valence-electron chi connectivity index (χ3n) is 4.13. The molecule has 0 heterocycles. The fraction of sp³-hybridized carbons (Fsp3) is 0.263. The highest BCUT2D eigenvalue weighted by Gasteiger charge is 2.24. The summed E-state index contributed by atoms with van der Waals surface area (Å²) in [6.07, 6.45) is 0. The summed E-state index contributed by atoms with van der Waals surface area (Å²) in [5, 5.41) is 2.42. The molecule has 0 spiro atoms. The Kier molecular flexibility index (Phi) is 7.11. The number of rotatable bonds is 8. The summed E-state index contributed by atoms with van der Waals surface area (Å²) in [6.45, 7) is 0. The van der Waals surface area contributed by atoms with Gasteiger partial charge in [0, 0.05) is 19.2 Å². The average Bonchev–Trinajstić information content (AvgIpc) is 2.76. The van der Waals surface area contributed by atoms with Crippen LogP contribution in [0.15, 0.2) is 35.2 Å². The monoisotopic (exact) mass is 438 g/mol. The summed E-state index contributed by atoms with van der Waals surface area (Å²) in [5.41, 5.74) is -0.140. The number of ether oxygens (including phenoxy) is 4. The first-order valence-corrected chi connectivity index (χ1v) is 9.98. The van der Waals surface area contributed by atoms with Crippen molar-refractivity contribution < 1.29 is 37.0 Å². The van der Waals surface area contributed by atoms with Gasteiger partial charge in [-0.3, -0.25) is 9.52 Å². The number of hydrogen-bond donors (Lipinski definition) is 2. The van der Waals surface area contributed by atoms with E-state index in [0.29, 0.717) is 0 Å². The van der Waals surface area contributed by atoms with Crippen molar-refractivity contribution in [1.29, 1.82) is 0 Å². The molecule has 0 saturated heterocycles. The number of anilines is 1. The summed E-state index contributed by atoms with van der Waals surface area (Å²) in [4.78, 5) is 24.0. The van der Waals surface area contributed by atoms with E-state index in [0.717, 1.165) is 7.11 Å². The fourth-order valence-corrected chi connectivity index (χ4v) is 3.71. The van der Waals surface area contributed by atoms with Crippen LogP contribution in [0.2, 0.25) is 0 Å². The largest absolute Gasteiger partial charge is 0.496 e. The van der Waals surface area contributed by atoms with Crippen molar-refractivity contribution in [2.45, 2.75) is 4.90 Å². The van der Waals surface area contributed by atoms with E-state index >= 15 is 0 Å². The zero-order valence-corrected chi connectivity index (χ0v) is 17.9. The first-order chi connectivity index (χ1) is 14.2. The molecule has 10 nitrogen and oxygen atoms in total. The molecule has 0 saturated carbocycles. The quantitative estimate of drug-likeness (QED) is 0.596. The highest BCUT2D eigenvalue weighted by atomic mass is 32.2. The molecule has 1 amide bonds. The highest BCUT2D eigenvalue weighted by Crippen LogP contribution is 2.35. The van der Waals surface area contributed by atoms with Gasteiger partial charge >= 0.3 is 5.97 Å². The van der Waals surface area contributed by atoms with Crippen molar-refractivity contribution in [3.63, 3.8) is 0 Å². The number of carbonyl (C=O) groups is 2. The van der Waals surface area contributed by atoms with Gasteiger partial charge in [-0.2, -0.15) is 0 Å². The van der Waals surface area contributed by atoms with Crippen LogP contribution < -0.4 is 24.2 Å². The number of benzene rings is 2. The lowest BCUT2D eigenvalue weighted by Gasteiger charge is -2.16. The van der Waals surface area contributed by atoms with Crippen LogP contribution in [0.3, 0.4) is 0 Å². The third kappa shape index (κ3) is 4.57. The predicted octanol–water partition coefficient (Wildman–Crippen LogP) is 1.66. The smallest absolute Gasteiger partial charge is 0.340 e. The third-order valence-corrected chi connectivity index (χ3v) is 5.49. The number of esters is 1. The number of amides is 1. The first kappa shape index (κ1) is 22.8. The summed E-state index contributed by atoms with van der Waals surface area (Å²) in [5.74, 6) is -0.690. The van der Waals surface area contributed by atoms with Crippen LogP contribution in [0.25, 0.3) is 0 Å². The molecule has 2 aromatic rings. The Balaban J connectivity index is 2.58. The zero-order valence-electron chi connectivity index (χ0n) is 17.1. The van der Waals surface area contributed by atoms with E-state index in [-0.39, 0.29) is 39.0 Å². The van der Waals surface area contributed by atoms with Crippen LogP contribution >= 0.6 is 0 Å². The number of hydrogen-bond acceptors (Lipinski definition) is 8. The van der Waals surface area contributed by atoms with Crippen molar-refractivity contribution >= 4 is 27.6 Å². The van der Waals surface area contributed by atoms with Gasteiger partial charge in [-0.15, -0.1) is 0 Å². The molecule has 0 atom stereocenters. The second kappa shape index (κ2) is 9.35. The zero-order chi connectivity index (χ0) is 22.5. The standard InChI is InChI=1S/C19H22N2O8S/c1-20-18(22)13-8-11(6-7-15(13)26-2)30(24,25)21-14-10-17(28-4)16(27-3)9-12(14)19(23)29-5/h6-10,21H,1-5H3,(H,20,22). The Hall–Kier alpha value is -3.47. The molecule has 0 fully saturated rings. The molecule has 11 heteroatoms. The van der Waals surface area contributed by atoms with Gasteiger partial charge in [-0.05, 0) is 18.2 Å². The SMILES string of the molecule is CNC(=O)c1cc(S(=O)(=O)Nc2cc(OC)c(OC)cc2C(=O)OC)ccc1OC. The van der Waals surface area contributed by atoms with Crippen LogP contribution in [0.4, 0.5) is 5.69 Å². The topological polar surface area (TPSA) is 129 Å². The fourth-order valence-electron chi connectivity index (χ4n) is 2.61. The van der Waals surface area contributed by atoms with Crippen LogP contribution in [0.1, 0.15) is 20.7 Å². The molecule has 0 unspecified atom stereocenters. The van der Waals surface area contributed by atoms with Crippen molar-refractivity contribution in [1.82, 2.24) is 5.32 Å². The molecule has 30 heavy (non-hydrogen) atoms. The molecule has 0 bridgehead atoms. The maximum absolute atomic E-state index is 13.0.